The van der Waals surface area contributed by atoms with E-state index in [1.54, 1.807) is 18.5 Å². The average Bonchev–Trinajstić information content (AvgIpc) is 2.84. The number of hydrogen-bond acceptors (Lipinski definition) is 4. The highest BCUT2D eigenvalue weighted by Gasteiger charge is 2.14. The number of rotatable bonds is 4. The number of benzene rings is 2. The summed E-state index contributed by atoms with van der Waals surface area (Å²) in [5.74, 6) is -0.190. The number of nitrogens with one attached hydrogen (secondary N) is 1. The second-order valence-electron chi connectivity index (χ2n) is 7.87. The van der Waals surface area contributed by atoms with Crippen molar-refractivity contribution in [1.82, 2.24) is 9.97 Å². The quantitative estimate of drug-likeness (QED) is 0.482. The lowest BCUT2D eigenvalue weighted by Crippen LogP contribution is -2.29. The number of para-hydroxylation sites is 1. The topological polar surface area (TPSA) is 58.1 Å². The summed E-state index contributed by atoms with van der Waals surface area (Å²) in [6.07, 6.45) is 7.11. The van der Waals surface area contributed by atoms with E-state index in [9.17, 15) is 4.79 Å². The molecule has 1 saturated heterocycles. The van der Waals surface area contributed by atoms with Gasteiger partial charge in [0.1, 0.15) is 0 Å². The van der Waals surface area contributed by atoms with Crippen molar-refractivity contribution in [3.63, 3.8) is 0 Å². The van der Waals surface area contributed by atoms with Gasteiger partial charge in [-0.15, -0.1) is 0 Å². The summed E-state index contributed by atoms with van der Waals surface area (Å²) in [6, 6.07) is 21.9. The smallest absolute Gasteiger partial charge is 0.257 e. The molecule has 1 N–H and O–H groups in total. The number of nitrogens with zero attached hydrogens (tertiary/aromatic N) is 3. The van der Waals surface area contributed by atoms with Crippen LogP contribution in [0.4, 0.5) is 11.4 Å². The molecule has 1 aliphatic heterocycles. The molecule has 0 unspecified atom stereocenters. The predicted octanol–water partition coefficient (Wildman–Crippen LogP) is 5.54. The Kier molecular flexibility index (Phi) is 5.31. The monoisotopic (exact) mass is 408 g/mol. The van der Waals surface area contributed by atoms with E-state index in [2.05, 4.69) is 39.5 Å². The maximum absolute atomic E-state index is 13.0. The second kappa shape index (κ2) is 8.56. The first kappa shape index (κ1) is 19.2. The van der Waals surface area contributed by atoms with E-state index in [0.29, 0.717) is 16.8 Å². The molecule has 0 radical (unpaired) electrons. The zero-order chi connectivity index (χ0) is 21.0. The summed E-state index contributed by atoms with van der Waals surface area (Å²) in [7, 11) is 0. The number of anilines is 2. The maximum Gasteiger partial charge on any atom is 0.257 e. The van der Waals surface area contributed by atoms with Gasteiger partial charge in [0.2, 0.25) is 0 Å². The number of hydrogen-bond donors (Lipinski definition) is 1. The van der Waals surface area contributed by atoms with Gasteiger partial charge in [-0.1, -0.05) is 30.3 Å². The summed E-state index contributed by atoms with van der Waals surface area (Å²) < 4.78 is 0. The minimum atomic E-state index is -0.190. The molecule has 0 atom stereocenters. The molecule has 2 aromatic heterocycles. The van der Waals surface area contributed by atoms with E-state index in [1.807, 2.05) is 36.4 Å². The molecule has 1 aliphatic rings. The Labute approximate surface area is 181 Å². The van der Waals surface area contributed by atoms with Gasteiger partial charge in [-0.25, -0.2) is 4.98 Å². The van der Waals surface area contributed by atoms with E-state index in [0.717, 1.165) is 29.7 Å². The van der Waals surface area contributed by atoms with Gasteiger partial charge in [-0.3, -0.25) is 9.78 Å². The van der Waals surface area contributed by atoms with Crippen LogP contribution < -0.4 is 10.2 Å². The number of carbonyl (C=O) groups is 1. The van der Waals surface area contributed by atoms with E-state index < -0.39 is 0 Å². The molecule has 3 heterocycles. The van der Waals surface area contributed by atoms with Gasteiger partial charge >= 0.3 is 0 Å². The number of fused-ring (bicyclic) bond motifs is 1. The van der Waals surface area contributed by atoms with Crippen molar-refractivity contribution in [2.45, 2.75) is 19.3 Å². The lowest BCUT2D eigenvalue weighted by molar-refractivity contribution is 0.102. The maximum atomic E-state index is 13.0. The van der Waals surface area contributed by atoms with Crippen molar-refractivity contribution in [1.29, 1.82) is 0 Å². The number of amides is 1. The van der Waals surface area contributed by atoms with Crippen LogP contribution in [0.15, 0.2) is 79.1 Å². The first-order valence-corrected chi connectivity index (χ1v) is 10.7. The fraction of sp³-hybridized carbons (Fsp3) is 0.192. The van der Waals surface area contributed by atoms with Gasteiger partial charge in [0, 0.05) is 35.9 Å². The van der Waals surface area contributed by atoms with Crippen LogP contribution in [0.25, 0.3) is 22.2 Å². The molecule has 0 saturated carbocycles. The van der Waals surface area contributed by atoms with Crippen LogP contribution in [0, 0.1) is 0 Å². The van der Waals surface area contributed by atoms with Gasteiger partial charge in [0.05, 0.1) is 28.7 Å². The molecule has 5 rings (SSSR count). The SMILES string of the molecule is O=C(Nc1cccnc1)c1cccc2ccc(-c3cccc(N4CCCCC4)c3)nc12. The van der Waals surface area contributed by atoms with Crippen molar-refractivity contribution in [3.8, 4) is 11.3 Å². The van der Waals surface area contributed by atoms with Gasteiger partial charge in [0.25, 0.3) is 5.91 Å². The molecular formula is C26H24N4O. The lowest BCUT2D eigenvalue weighted by atomic mass is 10.0. The van der Waals surface area contributed by atoms with Gasteiger partial charge in [0.15, 0.2) is 0 Å². The van der Waals surface area contributed by atoms with Gasteiger partial charge < -0.3 is 10.2 Å². The molecule has 2 aromatic carbocycles. The van der Waals surface area contributed by atoms with Crippen molar-refractivity contribution >= 4 is 28.2 Å². The average molecular weight is 409 g/mol. The summed E-state index contributed by atoms with van der Waals surface area (Å²) in [6.45, 7) is 2.21. The van der Waals surface area contributed by atoms with E-state index >= 15 is 0 Å². The second-order valence-corrected chi connectivity index (χ2v) is 7.87. The number of pyridine rings is 2. The normalized spacial score (nSPS) is 13.9. The Morgan fingerprint density at radius 1 is 0.903 bits per heavy atom. The fourth-order valence-corrected chi connectivity index (χ4v) is 4.14. The molecule has 5 nitrogen and oxygen atoms in total. The van der Waals surface area contributed by atoms with Crippen LogP contribution in [0.2, 0.25) is 0 Å². The first-order chi connectivity index (χ1) is 15.3. The lowest BCUT2D eigenvalue weighted by Gasteiger charge is -2.29. The Morgan fingerprint density at radius 3 is 2.61 bits per heavy atom. The Bertz CT molecular complexity index is 1220. The van der Waals surface area contributed by atoms with Crippen molar-refractivity contribution in [2.24, 2.45) is 0 Å². The molecule has 31 heavy (non-hydrogen) atoms. The van der Waals surface area contributed by atoms with Gasteiger partial charge in [-0.05, 0) is 55.7 Å². The molecule has 0 spiro atoms. The molecule has 1 amide bonds. The largest absolute Gasteiger partial charge is 0.372 e. The third kappa shape index (κ3) is 4.12. The molecule has 0 aliphatic carbocycles. The summed E-state index contributed by atoms with van der Waals surface area (Å²) in [5, 5.41) is 3.85. The Hall–Kier alpha value is -3.73. The fourth-order valence-electron chi connectivity index (χ4n) is 4.14. The highest BCUT2D eigenvalue weighted by molar-refractivity contribution is 6.12. The van der Waals surface area contributed by atoms with Crippen LogP contribution in [0.5, 0.6) is 0 Å². The molecule has 154 valence electrons. The van der Waals surface area contributed by atoms with E-state index in [-0.39, 0.29) is 5.91 Å². The molecular weight excluding hydrogens is 384 g/mol. The molecule has 0 bridgehead atoms. The van der Waals surface area contributed by atoms with Crippen molar-refractivity contribution < 1.29 is 4.79 Å². The van der Waals surface area contributed by atoms with E-state index in [1.165, 1.54) is 24.9 Å². The van der Waals surface area contributed by atoms with Crippen LogP contribution >= 0.6 is 0 Å². The van der Waals surface area contributed by atoms with Crippen LogP contribution in [0.3, 0.4) is 0 Å². The zero-order valence-electron chi connectivity index (χ0n) is 17.3. The number of aromatic nitrogens is 2. The summed E-state index contributed by atoms with van der Waals surface area (Å²) in [5.41, 5.74) is 5.08. The van der Waals surface area contributed by atoms with Crippen LogP contribution in [0.1, 0.15) is 29.6 Å². The van der Waals surface area contributed by atoms with Crippen molar-refractivity contribution in [3.05, 3.63) is 84.7 Å². The van der Waals surface area contributed by atoms with Crippen LogP contribution in [-0.2, 0) is 0 Å². The molecule has 5 heteroatoms. The van der Waals surface area contributed by atoms with Crippen LogP contribution in [-0.4, -0.2) is 29.0 Å². The van der Waals surface area contributed by atoms with Crippen molar-refractivity contribution in [2.75, 3.05) is 23.3 Å². The standard InChI is InChI=1S/C26H24N4O/c31-26(28-21-9-6-14-27-18-21)23-11-5-7-19-12-13-24(29-25(19)23)20-8-4-10-22(17-20)30-15-2-1-3-16-30/h4-14,17-18H,1-3,15-16H2,(H,28,31). The predicted molar refractivity (Wildman–Crippen MR) is 125 cm³/mol. The Morgan fingerprint density at radius 2 is 1.77 bits per heavy atom. The summed E-state index contributed by atoms with van der Waals surface area (Å²) in [4.78, 5) is 24.4. The minimum Gasteiger partial charge on any atom is -0.372 e. The first-order valence-electron chi connectivity index (χ1n) is 10.7. The number of carbonyl (C=O) groups excluding carboxylic acids is 1. The van der Waals surface area contributed by atoms with Gasteiger partial charge in [-0.2, -0.15) is 0 Å². The Balaban J connectivity index is 1.50. The highest BCUT2D eigenvalue weighted by Crippen LogP contribution is 2.28. The molecule has 4 aromatic rings. The third-order valence-corrected chi connectivity index (χ3v) is 5.75. The zero-order valence-corrected chi connectivity index (χ0v) is 17.3. The van der Waals surface area contributed by atoms with E-state index in [4.69, 9.17) is 4.98 Å². The third-order valence-electron chi connectivity index (χ3n) is 5.75. The minimum absolute atomic E-state index is 0.190. The summed E-state index contributed by atoms with van der Waals surface area (Å²) >= 11 is 0. The number of piperidine rings is 1. The molecule has 1 fully saturated rings. The highest BCUT2D eigenvalue weighted by atomic mass is 16.1.